The second-order valence-electron chi connectivity index (χ2n) is 17.2. The van der Waals surface area contributed by atoms with Crippen LogP contribution in [0.1, 0.15) is 22.3 Å². The number of rotatable bonds is 6. The third-order valence-electron chi connectivity index (χ3n) is 13.7. The van der Waals surface area contributed by atoms with E-state index in [9.17, 15) is 0 Å². The molecule has 2 aliphatic carbocycles. The SMILES string of the molecule is c1ccc(-c2cccc(-c3ccc4c(c3)c3cc(-c5ccc(-c6cccc7c6Cc6ccccc6-7)cc5)ccc3n4-c3ccc(-c4cccc5c4Cc4ccccc4-5)cc3)c2)cc1. The molecule has 1 heteroatoms. The van der Waals surface area contributed by atoms with Crippen molar-refractivity contribution in [2.75, 3.05) is 0 Å². The minimum Gasteiger partial charge on any atom is -0.309 e. The quantitative estimate of drug-likeness (QED) is 0.158. The van der Waals surface area contributed by atoms with Crippen molar-refractivity contribution in [2.45, 2.75) is 12.8 Å². The average molecular weight is 800 g/mol. The van der Waals surface area contributed by atoms with E-state index in [1.54, 1.807) is 0 Å². The van der Waals surface area contributed by atoms with Gasteiger partial charge in [-0.25, -0.2) is 0 Å². The van der Waals surface area contributed by atoms with Gasteiger partial charge < -0.3 is 4.57 Å². The average Bonchev–Trinajstić information content (AvgIpc) is 4.04. The summed E-state index contributed by atoms with van der Waals surface area (Å²) in [6.45, 7) is 0. The zero-order valence-electron chi connectivity index (χ0n) is 34.7. The Morgan fingerprint density at radius 3 is 1.22 bits per heavy atom. The molecular weight excluding hydrogens is 759 g/mol. The molecule has 294 valence electrons. The highest BCUT2D eigenvalue weighted by Gasteiger charge is 2.23. The first kappa shape index (κ1) is 35.7. The van der Waals surface area contributed by atoms with Crippen LogP contribution in [0.3, 0.4) is 0 Å². The summed E-state index contributed by atoms with van der Waals surface area (Å²) in [5, 5.41) is 2.49. The predicted molar refractivity (Wildman–Crippen MR) is 264 cm³/mol. The maximum atomic E-state index is 2.45. The van der Waals surface area contributed by atoms with Gasteiger partial charge in [0.25, 0.3) is 0 Å². The topological polar surface area (TPSA) is 4.93 Å². The van der Waals surface area contributed by atoms with Gasteiger partial charge in [0.1, 0.15) is 0 Å². The molecule has 0 saturated heterocycles. The molecule has 0 amide bonds. The summed E-state index contributed by atoms with van der Waals surface area (Å²) in [6.07, 6.45) is 1.95. The minimum absolute atomic E-state index is 0.973. The second-order valence-corrected chi connectivity index (χ2v) is 17.2. The van der Waals surface area contributed by atoms with Crippen molar-refractivity contribution in [2.24, 2.45) is 0 Å². The Balaban J connectivity index is 0.914. The van der Waals surface area contributed by atoms with E-state index in [0.717, 1.165) is 18.5 Å². The molecule has 0 atom stereocenters. The lowest BCUT2D eigenvalue weighted by Gasteiger charge is -2.12. The van der Waals surface area contributed by atoms with Crippen molar-refractivity contribution in [3.05, 3.63) is 247 Å². The highest BCUT2D eigenvalue weighted by molar-refractivity contribution is 6.12. The molecule has 13 rings (SSSR count). The van der Waals surface area contributed by atoms with Crippen LogP contribution in [0.5, 0.6) is 0 Å². The standard InChI is InChI=1S/C62H41N/c1-2-11-40(12-3-1)44-15-8-16-45(35-44)47-30-34-62-60(37-47)59-36-46(41-23-25-42(26-24-41)51-19-9-21-55-53-17-6-4-13-48(53)38-57(51)55)29-33-61(59)63(62)50-31-27-43(28-32-50)52-20-10-22-56-54-18-7-5-14-49(54)39-58(52)56/h1-37H,38-39H2. The van der Waals surface area contributed by atoms with Crippen LogP contribution in [0.15, 0.2) is 224 Å². The smallest absolute Gasteiger partial charge is 0.0541 e. The van der Waals surface area contributed by atoms with E-state index >= 15 is 0 Å². The van der Waals surface area contributed by atoms with Crippen LogP contribution >= 0.6 is 0 Å². The molecule has 0 spiro atoms. The van der Waals surface area contributed by atoms with Gasteiger partial charge in [-0.3, -0.25) is 0 Å². The van der Waals surface area contributed by atoms with Crippen molar-refractivity contribution in [1.82, 2.24) is 4.57 Å². The Kier molecular flexibility index (Phi) is 8.11. The lowest BCUT2D eigenvalue weighted by molar-refractivity contribution is 1.18. The van der Waals surface area contributed by atoms with Gasteiger partial charge >= 0.3 is 0 Å². The molecule has 1 nitrogen and oxygen atoms in total. The van der Waals surface area contributed by atoms with E-state index in [-0.39, 0.29) is 0 Å². The molecule has 0 unspecified atom stereocenters. The van der Waals surface area contributed by atoms with E-state index in [1.807, 2.05) is 0 Å². The van der Waals surface area contributed by atoms with E-state index in [2.05, 4.69) is 229 Å². The molecule has 0 fully saturated rings. The van der Waals surface area contributed by atoms with Gasteiger partial charge in [-0.2, -0.15) is 0 Å². The van der Waals surface area contributed by atoms with Crippen molar-refractivity contribution < 1.29 is 0 Å². The lowest BCUT2D eigenvalue weighted by Crippen LogP contribution is -1.94. The largest absolute Gasteiger partial charge is 0.309 e. The third-order valence-corrected chi connectivity index (χ3v) is 13.7. The molecule has 0 bridgehead atoms. The fourth-order valence-corrected chi connectivity index (χ4v) is 10.7. The van der Waals surface area contributed by atoms with Crippen molar-refractivity contribution in [3.8, 4) is 83.6 Å². The first-order valence-electron chi connectivity index (χ1n) is 22.1. The first-order chi connectivity index (χ1) is 31.2. The van der Waals surface area contributed by atoms with Crippen LogP contribution in [0.2, 0.25) is 0 Å². The maximum Gasteiger partial charge on any atom is 0.0541 e. The molecule has 1 aromatic heterocycles. The third kappa shape index (κ3) is 5.85. The number of aromatic nitrogens is 1. The van der Waals surface area contributed by atoms with Gasteiger partial charge in [-0.1, -0.05) is 182 Å². The summed E-state index contributed by atoms with van der Waals surface area (Å²) < 4.78 is 2.45. The Labute approximate surface area is 367 Å². The molecular formula is C62H41N. The van der Waals surface area contributed by atoms with Gasteiger partial charge in [-0.05, 0) is 155 Å². The predicted octanol–water partition coefficient (Wildman–Crippen LogP) is 16.3. The molecule has 1 heterocycles. The zero-order chi connectivity index (χ0) is 41.4. The van der Waals surface area contributed by atoms with Gasteiger partial charge in [0.15, 0.2) is 0 Å². The summed E-state index contributed by atoms with van der Waals surface area (Å²) >= 11 is 0. The van der Waals surface area contributed by atoms with Crippen LogP contribution in [0, 0.1) is 0 Å². The van der Waals surface area contributed by atoms with Crippen LogP contribution in [0.25, 0.3) is 105 Å². The van der Waals surface area contributed by atoms with Crippen LogP contribution in [0.4, 0.5) is 0 Å². The van der Waals surface area contributed by atoms with Crippen LogP contribution in [-0.4, -0.2) is 4.57 Å². The van der Waals surface area contributed by atoms with E-state index < -0.39 is 0 Å². The summed E-state index contributed by atoms with van der Waals surface area (Å²) in [4.78, 5) is 0. The molecule has 10 aromatic carbocycles. The molecule has 0 radical (unpaired) electrons. The van der Waals surface area contributed by atoms with Crippen LogP contribution < -0.4 is 0 Å². The molecule has 0 aliphatic heterocycles. The fourth-order valence-electron chi connectivity index (χ4n) is 10.7. The van der Waals surface area contributed by atoms with Crippen LogP contribution in [-0.2, 0) is 12.8 Å². The van der Waals surface area contributed by atoms with E-state index in [0.29, 0.717) is 0 Å². The highest BCUT2D eigenvalue weighted by atomic mass is 15.0. The Bertz CT molecular complexity index is 3590. The van der Waals surface area contributed by atoms with Crippen molar-refractivity contribution >= 4 is 21.8 Å². The Morgan fingerprint density at radius 2 is 0.635 bits per heavy atom. The maximum absolute atomic E-state index is 2.45. The molecule has 0 N–H and O–H groups in total. The number of fused-ring (bicyclic) bond motifs is 9. The number of benzene rings is 10. The van der Waals surface area contributed by atoms with Gasteiger partial charge in [0, 0.05) is 16.5 Å². The first-order valence-corrected chi connectivity index (χ1v) is 22.1. The lowest BCUT2D eigenvalue weighted by atomic mass is 9.94. The fraction of sp³-hybridized carbons (Fsp3) is 0.0323. The van der Waals surface area contributed by atoms with Gasteiger partial charge in [0.2, 0.25) is 0 Å². The molecule has 11 aromatic rings. The normalized spacial score (nSPS) is 12.3. The Morgan fingerprint density at radius 1 is 0.254 bits per heavy atom. The van der Waals surface area contributed by atoms with E-state index in [1.165, 1.54) is 122 Å². The molecule has 2 aliphatic rings. The number of nitrogens with zero attached hydrogens (tertiary/aromatic N) is 1. The van der Waals surface area contributed by atoms with Crippen molar-refractivity contribution in [1.29, 1.82) is 0 Å². The molecule has 63 heavy (non-hydrogen) atoms. The van der Waals surface area contributed by atoms with E-state index in [4.69, 9.17) is 0 Å². The summed E-state index contributed by atoms with van der Waals surface area (Å²) in [7, 11) is 0. The monoisotopic (exact) mass is 799 g/mol. The summed E-state index contributed by atoms with van der Waals surface area (Å²) in [6, 6.07) is 83.3. The van der Waals surface area contributed by atoms with Gasteiger partial charge in [0.05, 0.1) is 11.0 Å². The summed E-state index contributed by atoms with van der Waals surface area (Å²) in [5.74, 6) is 0. The number of hydrogen-bond donors (Lipinski definition) is 0. The van der Waals surface area contributed by atoms with Crippen molar-refractivity contribution in [3.63, 3.8) is 0 Å². The summed E-state index contributed by atoms with van der Waals surface area (Å²) in [5.41, 5.74) is 27.1. The second kappa shape index (κ2) is 14.3. The number of hydrogen-bond acceptors (Lipinski definition) is 0. The zero-order valence-corrected chi connectivity index (χ0v) is 34.7. The molecule has 0 saturated carbocycles. The highest BCUT2D eigenvalue weighted by Crippen LogP contribution is 2.44. The Hall–Kier alpha value is -8.00. The minimum atomic E-state index is 0.973. The van der Waals surface area contributed by atoms with Gasteiger partial charge in [-0.15, -0.1) is 0 Å².